The maximum atomic E-state index is 12.9. The summed E-state index contributed by atoms with van der Waals surface area (Å²) in [6.07, 6.45) is 2.65. The molecule has 0 unspecified atom stereocenters. The third-order valence-corrected chi connectivity index (χ3v) is 4.34. The number of carbonyl (C=O) groups excluding carboxylic acids is 1. The van der Waals surface area contributed by atoms with E-state index in [0.717, 1.165) is 11.6 Å². The van der Waals surface area contributed by atoms with Crippen molar-refractivity contribution in [1.82, 2.24) is 9.38 Å². The number of pyridine rings is 1. The number of nitrogens with zero attached hydrogens (tertiary/aromatic N) is 3. The van der Waals surface area contributed by atoms with Crippen LogP contribution in [0.15, 0.2) is 59.0 Å². The highest BCUT2D eigenvalue weighted by Gasteiger charge is 2.17. The highest BCUT2D eigenvalue weighted by molar-refractivity contribution is 6.00. The number of aromatic nitrogens is 2. The smallest absolute Gasteiger partial charge is 0.269 e. The van der Waals surface area contributed by atoms with Crippen LogP contribution in [0, 0.1) is 11.3 Å². The van der Waals surface area contributed by atoms with Crippen molar-refractivity contribution in [2.75, 3.05) is 0 Å². The normalized spacial score (nSPS) is 11.9. The van der Waals surface area contributed by atoms with Crippen molar-refractivity contribution in [3.8, 4) is 17.7 Å². The summed E-state index contributed by atoms with van der Waals surface area (Å²) in [5, 5.41) is 9.16. The molecule has 0 atom stereocenters. The average Bonchev–Trinajstić information content (AvgIpc) is 2.67. The van der Waals surface area contributed by atoms with Crippen molar-refractivity contribution in [3.63, 3.8) is 0 Å². The second-order valence-corrected chi connectivity index (χ2v) is 7.48. The Kier molecular flexibility index (Phi) is 5.20. The number of hydrogen-bond acceptors (Lipinski definition) is 5. The van der Waals surface area contributed by atoms with E-state index in [1.165, 1.54) is 4.40 Å². The summed E-state index contributed by atoms with van der Waals surface area (Å²) in [4.78, 5) is 28.8. The zero-order chi connectivity index (χ0) is 21.2. The number of primary amides is 1. The van der Waals surface area contributed by atoms with Gasteiger partial charge in [0.1, 0.15) is 28.6 Å². The quantitative estimate of drug-likeness (QED) is 0.545. The van der Waals surface area contributed by atoms with Gasteiger partial charge in [0.05, 0.1) is 0 Å². The van der Waals surface area contributed by atoms with Crippen LogP contribution in [0.5, 0.6) is 11.6 Å². The molecule has 1 aromatic carbocycles. The van der Waals surface area contributed by atoms with Crippen LogP contribution in [0.1, 0.15) is 31.9 Å². The van der Waals surface area contributed by atoms with Crippen LogP contribution < -0.4 is 16.0 Å². The molecule has 29 heavy (non-hydrogen) atoms. The molecule has 0 aliphatic heterocycles. The van der Waals surface area contributed by atoms with Crippen LogP contribution in [-0.2, 0) is 10.2 Å². The van der Waals surface area contributed by atoms with Crippen molar-refractivity contribution < 1.29 is 9.53 Å². The average molecular weight is 388 g/mol. The van der Waals surface area contributed by atoms with Crippen LogP contribution in [0.3, 0.4) is 0 Å². The molecule has 0 fully saturated rings. The molecule has 0 aliphatic carbocycles. The predicted octanol–water partition coefficient (Wildman–Crippen LogP) is 3.18. The fourth-order valence-corrected chi connectivity index (χ4v) is 2.72. The number of fused-ring (bicyclic) bond motifs is 1. The number of benzene rings is 1. The Labute approximate surface area is 167 Å². The zero-order valence-corrected chi connectivity index (χ0v) is 16.3. The number of hydrogen-bond donors (Lipinski definition) is 1. The SMILES string of the molecule is CC(C)(C)c1ccc(Oc2nc3ccccn3c(=O)c2/C=C(\C#N)C(N)=O)cc1. The molecule has 0 aliphatic rings. The Hall–Kier alpha value is -3.92. The van der Waals surface area contributed by atoms with E-state index in [4.69, 9.17) is 15.7 Å². The number of carbonyl (C=O) groups is 1. The topological polar surface area (TPSA) is 110 Å². The first-order valence-corrected chi connectivity index (χ1v) is 8.92. The monoisotopic (exact) mass is 388 g/mol. The minimum Gasteiger partial charge on any atom is -0.438 e. The first kappa shape index (κ1) is 19.8. The Bertz CT molecular complexity index is 1210. The molecule has 0 spiro atoms. The van der Waals surface area contributed by atoms with E-state index in [0.29, 0.717) is 11.4 Å². The lowest BCUT2D eigenvalue weighted by Crippen LogP contribution is -2.20. The van der Waals surface area contributed by atoms with Gasteiger partial charge in [0, 0.05) is 6.20 Å². The van der Waals surface area contributed by atoms with E-state index in [1.54, 1.807) is 42.6 Å². The minimum atomic E-state index is -0.939. The van der Waals surface area contributed by atoms with Gasteiger partial charge in [0.2, 0.25) is 5.88 Å². The number of amides is 1. The Morgan fingerprint density at radius 2 is 1.90 bits per heavy atom. The third-order valence-electron chi connectivity index (χ3n) is 4.34. The van der Waals surface area contributed by atoms with Gasteiger partial charge in [-0.25, -0.2) is 0 Å². The molecular weight excluding hydrogens is 368 g/mol. The lowest BCUT2D eigenvalue weighted by atomic mass is 9.87. The van der Waals surface area contributed by atoms with Gasteiger partial charge < -0.3 is 10.5 Å². The molecule has 0 saturated carbocycles. The second kappa shape index (κ2) is 7.60. The van der Waals surface area contributed by atoms with Crippen LogP contribution in [-0.4, -0.2) is 15.3 Å². The van der Waals surface area contributed by atoms with Gasteiger partial charge in [-0.2, -0.15) is 10.2 Å². The summed E-state index contributed by atoms with van der Waals surface area (Å²) in [5.41, 5.74) is 5.80. The maximum Gasteiger partial charge on any atom is 0.269 e. The van der Waals surface area contributed by atoms with Gasteiger partial charge in [-0.1, -0.05) is 39.0 Å². The minimum absolute atomic E-state index is 0.0151. The lowest BCUT2D eigenvalue weighted by molar-refractivity contribution is -0.114. The summed E-state index contributed by atoms with van der Waals surface area (Å²) < 4.78 is 7.16. The molecule has 2 heterocycles. The third kappa shape index (κ3) is 4.17. The summed E-state index contributed by atoms with van der Waals surface area (Å²) in [5.74, 6) is -0.485. The Morgan fingerprint density at radius 1 is 1.21 bits per heavy atom. The first-order valence-electron chi connectivity index (χ1n) is 8.92. The molecule has 2 aromatic heterocycles. The van der Waals surface area contributed by atoms with Gasteiger partial charge in [-0.3, -0.25) is 14.0 Å². The van der Waals surface area contributed by atoms with E-state index >= 15 is 0 Å². The molecule has 2 N–H and O–H groups in total. The maximum absolute atomic E-state index is 12.9. The van der Waals surface area contributed by atoms with Crippen LogP contribution >= 0.6 is 0 Å². The molecule has 1 amide bonds. The van der Waals surface area contributed by atoms with Gasteiger partial charge in [0.15, 0.2) is 0 Å². The van der Waals surface area contributed by atoms with Gasteiger partial charge in [-0.05, 0) is 41.3 Å². The van der Waals surface area contributed by atoms with Crippen molar-refractivity contribution in [1.29, 1.82) is 5.26 Å². The largest absolute Gasteiger partial charge is 0.438 e. The van der Waals surface area contributed by atoms with Crippen molar-refractivity contribution in [3.05, 3.63) is 75.7 Å². The molecule has 146 valence electrons. The van der Waals surface area contributed by atoms with Gasteiger partial charge >= 0.3 is 0 Å². The number of nitrogens with two attached hydrogens (primary N) is 1. The number of rotatable bonds is 4. The van der Waals surface area contributed by atoms with Crippen LogP contribution in [0.4, 0.5) is 0 Å². The van der Waals surface area contributed by atoms with Gasteiger partial charge in [-0.15, -0.1) is 0 Å². The number of ether oxygens (including phenoxy) is 1. The highest BCUT2D eigenvalue weighted by atomic mass is 16.5. The summed E-state index contributed by atoms with van der Waals surface area (Å²) in [6.45, 7) is 6.31. The molecule has 7 heteroatoms. The molecule has 0 bridgehead atoms. The summed E-state index contributed by atoms with van der Waals surface area (Å²) in [7, 11) is 0. The van der Waals surface area contributed by atoms with Crippen molar-refractivity contribution >= 4 is 17.6 Å². The Morgan fingerprint density at radius 3 is 2.48 bits per heavy atom. The predicted molar refractivity (Wildman–Crippen MR) is 109 cm³/mol. The van der Waals surface area contributed by atoms with E-state index in [-0.39, 0.29) is 22.4 Å². The highest BCUT2D eigenvalue weighted by Crippen LogP contribution is 2.28. The lowest BCUT2D eigenvalue weighted by Gasteiger charge is -2.19. The van der Waals surface area contributed by atoms with Crippen molar-refractivity contribution in [2.24, 2.45) is 5.73 Å². The fraction of sp³-hybridized carbons (Fsp3) is 0.182. The molecule has 0 saturated heterocycles. The van der Waals surface area contributed by atoms with Crippen molar-refractivity contribution in [2.45, 2.75) is 26.2 Å². The van der Waals surface area contributed by atoms with Crippen LogP contribution in [0.25, 0.3) is 11.7 Å². The van der Waals surface area contributed by atoms with Crippen LogP contribution in [0.2, 0.25) is 0 Å². The first-order chi connectivity index (χ1) is 13.7. The van der Waals surface area contributed by atoms with E-state index in [9.17, 15) is 9.59 Å². The summed E-state index contributed by atoms with van der Waals surface area (Å²) >= 11 is 0. The van der Waals surface area contributed by atoms with E-state index in [2.05, 4.69) is 25.8 Å². The Balaban J connectivity index is 2.16. The zero-order valence-electron chi connectivity index (χ0n) is 16.3. The molecule has 0 radical (unpaired) electrons. The van der Waals surface area contributed by atoms with E-state index < -0.39 is 11.5 Å². The number of nitriles is 1. The standard InChI is InChI=1S/C22H20N4O3/c1-22(2,3)15-7-9-16(10-8-15)29-20-17(12-14(13-23)19(24)27)21(28)26-11-5-4-6-18(26)25-20/h4-12H,1-3H3,(H2,24,27)/b14-12+. The second-order valence-electron chi connectivity index (χ2n) is 7.48. The fourth-order valence-electron chi connectivity index (χ4n) is 2.72. The molecule has 3 rings (SSSR count). The summed E-state index contributed by atoms with van der Waals surface area (Å²) in [6, 6.07) is 14.2. The van der Waals surface area contributed by atoms with Gasteiger partial charge in [0.25, 0.3) is 11.5 Å². The molecule has 7 nitrogen and oxygen atoms in total. The van der Waals surface area contributed by atoms with E-state index in [1.807, 2.05) is 12.1 Å². The molecule has 3 aromatic rings. The molecular formula is C22H20N4O3.